The van der Waals surface area contributed by atoms with Gasteiger partial charge in [-0.05, 0) is 12.8 Å². The first-order chi connectivity index (χ1) is 8.94. The lowest BCUT2D eigenvalue weighted by molar-refractivity contribution is -0.140. The molecular formula is C12H24N2O4S. The van der Waals surface area contributed by atoms with E-state index in [-0.39, 0.29) is 24.3 Å². The zero-order valence-corrected chi connectivity index (χ0v) is 12.7. The second kappa shape index (κ2) is 7.21. The summed E-state index contributed by atoms with van der Waals surface area (Å²) in [6, 6.07) is 0.168. The van der Waals surface area contributed by atoms with Crippen LogP contribution in [0.1, 0.15) is 33.1 Å². The zero-order valence-electron chi connectivity index (χ0n) is 11.9. The van der Waals surface area contributed by atoms with Gasteiger partial charge in [0.05, 0.1) is 19.3 Å². The largest absolute Gasteiger partial charge is 0.469 e. The number of hydrogen-bond donors (Lipinski definition) is 1. The maximum Gasteiger partial charge on any atom is 0.306 e. The minimum atomic E-state index is -3.40. The van der Waals surface area contributed by atoms with Crippen molar-refractivity contribution in [2.75, 3.05) is 26.0 Å². The fraction of sp³-hybridized carbons (Fsp3) is 0.917. The van der Waals surface area contributed by atoms with Crippen molar-refractivity contribution in [1.29, 1.82) is 0 Å². The van der Waals surface area contributed by atoms with E-state index in [0.29, 0.717) is 13.1 Å². The fourth-order valence-corrected chi connectivity index (χ4v) is 3.97. The van der Waals surface area contributed by atoms with E-state index in [0.717, 1.165) is 12.8 Å². The van der Waals surface area contributed by atoms with Crippen LogP contribution >= 0.6 is 0 Å². The molecule has 6 nitrogen and oxygen atoms in total. The highest BCUT2D eigenvalue weighted by atomic mass is 32.2. The number of sulfonamides is 1. The van der Waals surface area contributed by atoms with Crippen LogP contribution in [-0.4, -0.2) is 56.7 Å². The van der Waals surface area contributed by atoms with E-state index < -0.39 is 16.0 Å². The molecule has 0 radical (unpaired) electrons. The number of nitrogens with zero attached hydrogens (tertiary/aromatic N) is 1. The maximum atomic E-state index is 12.3. The molecule has 1 saturated heterocycles. The first-order valence-corrected chi connectivity index (χ1v) is 8.35. The minimum Gasteiger partial charge on any atom is -0.469 e. The lowest BCUT2D eigenvalue weighted by Gasteiger charge is -2.38. The number of ether oxygens (including phenoxy) is 1. The monoisotopic (exact) mass is 292 g/mol. The molecule has 0 aromatic carbocycles. The van der Waals surface area contributed by atoms with Crippen molar-refractivity contribution in [3.05, 3.63) is 0 Å². The number of esters is 1. The van der Waals surface area contributed by atoms with Crippen LogP contribution in [0.2, 0.25) is 0 Å². The molecule has 1 aliphatic heterocycles. The lowest BCUT2D eigenvalue weighted by atomic mass is 10.1. The van der Waals surface area contributed by atoms with Gasteiger partial charge in [-0.3, -0.25) is 4.79 Å². The first-order valence-electron chi connectivity index (χ1n) is 6.74. The highest BCUT2D eigenvalue weighted by Gasteiger charge is 2.34. The molecule has 0 spiro atoms. The molecular weight excluding hydrogens is 268 g/mol. The molecule has 1 heterocycles. The standard InChI is InChI=1S/C12H24N2O4S/c1-4-10-9-14(11(5-2)8-13-10)19(16,17)7-6-12(15)18-3/h10-11,13H,4-9H2,1-3H3. The summed E-state index contributed by atoms with van der Waals surface area (Å²) in [5.41, 5.74) is 0. The van der Waals surface area contributed by atoms with Crippen molar-refractivity contribution in [2.45, 2.75) is 45.2 Å². The molecule has 7 heteroatoms. The summed E-state index contributed by atoms with van der Waals surface area (Å²) in [6.07, 6.45) is 1.57. The smallest absolute Gasteiger partial charge is 0.306 e. The number of carbonyl (C=O) groups is 1. The third-order valence-corrected chi connectivity index (χ3v) is 5.44. The van der Waals surface area contributed by atoms with E-state index in [1.807, 2.05) is 13.8 Å². The molecule has 2 unspecified atom stereocenters. The number of methoxy groups -OCH3 is 1. The Morgan fingerprint density at radius 2 is 2.05 bits per heavy atom. The van der Waals surface area contributed by atoms with Crippen LogP contribution in [0.3, 0.4) is 0 Å². The summed E-state index contributed by atoms with van der Waals surface area (Å²) in [7, 11) is -2.13. The Labute approximate surface area is 115 Å². The Hall–Kier alpha value is -0.660. The summed E-state index contributed by atoms with van der Waals surface area (Å²) >= 11 is 0. The molecule has 0 aromatic rings. The molecule has 0 saturated carbocycles. The van der Waals surface area contributed by atoms with Gasteiger partial charge >= 0.3 is 5.97 Å². The van der Waals surface area contributed by atoms with Gasteiger partial charge < -0.3 is 10.1 Å². The molecule has 0 bridgehead atoms. The number of hydrogen-bond acceptors (Lipinski definition) is 5. The highest BCUT2D eigenvalue weighted by molar-refractivity contribution is 7.89. The van der Waals surface area contributed by atoms with E-state index in [1.54, 1.807) is 4.31 Å². The maximum absolute atomic E-state index is 12.3. The van der Waals surface area contributed by atoms with Crippen molar-refractivity contribution in [3.63, 3.8) is 0 Å². The van der Waals surface area contributed by atoms with Gasteiger partial charge in [-0.25, -0.2) is 8.42 Å². The zero-order chi connectivity index (χ0) is 14.5. The van der Waals surface area contributed by atoms with Crippen LogP contribution in [0.4, 0.5) is 0 Å². The van der Waals surface area contributed by atoms with Gasteiger partial charge in [0.1, 0.15) is 0 Å². The summed E-state index contributed by atoms with van der Waals surface area (Å²) < 4.78 is 30.7. The predicted octanol–water partition coefficient (Wildman–Crippen LogP) is 0.342. The Bertz CT molecular complexity index is 397. The predicted molar refractivity (Wildman–Crippen MR) is 73.3 cm³/mol. The van der Waals surface area contributed by atoms with E-state index in [1.165, 1.54) is 7.11 Å². The summed E-state index contributed by atoms with van der Waals surface area (Å²) in [4.78, 5) is 11.1. The normalized spacial score (nSPS) is 25.2. The SMILES string of the molecule is CCC1CN(S(=O)(=O)CCC(=O)OC)C(CC)CN1. The average Bonchev–Trinajstić information content (AvgIpc) is 2.43. The molecule has 1 fully saturated rings. The molecule has 1 aliphatic rings. The molecule has 0 amide bonds. The summed E-state index contributed by atoms with van der Waals surface area (Å²) in [5.74, 6) is -0.661. The third-order valence-electron chi connectivity index (χ3n) is 3.56. The Kier molecular flexibility index (Phi) is 6.22. The van der Waals surface area contributed by atoms with Crippen LogP contribution in [0, 0.1) is 0 Å². The van der Waals surface area contributed by atoms with Gasteiger partial charge in [-0.2, -0.15) is 4.31 Å². The number of piperazine rings is 1. The van der Waals surface area contributed by atoms with Crippen LogP contribution in [0.25, 0.3) is 0 Å². The Morgan fingerprint density at radius 1 is 1.37 bits per heavy atom. The Balaban J connectivity index is 2.74. The van der Waals surface area contributed by atoms with E-state index in [9.17, 15) is 13.2 Å². The van der Waals surface area contributed by atoms with Gasteiger partial charge in [0, 0.05) is 25.2 Å². The fourth-order valence-electron chi connectivity index (χ4n) is 2.23. The molecule has 1 N–H and O–H groups in total. The molecule has 0 aromatic heterocycles. The quantitative estimate of drug-likeness (QED) is 0.715. The molecule has 19 heavy (non-hydrogen) atoms. The van der Waals surface area contributed by atoms with E-state index in [4.69, 9.17) is 0 Å². The van der Waals surface area contributed by atoms with Gasteiger partial charge in [0.15, 0.2) is 0 Å². The average molecular weight is 292 g/mol. The number of carbonyl (C=O) groups excluding carboxylic acids is 1. The van der Waals surface area contributed by atoms with E-state index >= 15 is 0 Å². The van der Waals surface area contributed by atoms with Gasteiger partial charge in [0.25, 0.3) is 0 Å². The van der Waals surface area contributed by atoms with Crippen molar-refractivity contribution >= 4 is 16.0 Å². The Morgan fingerprint density at radius 3 is 2.58 bits per heavy atom. The van der Waals surface area contributed by atoms with Gasteiger partial charge in [-0.1, -0.05) is 13.8 Å². The molecule has 1 rings (SSSR count). The van der Waals surface area contributed by atoms with Crippen LogP contribution in [0.5, 0.6) is 0 Å². The van der Waals surface area contributed by atoms with Crippen LogP contribution in [0.15, 0.2) is 0 Å². The van der Waals surface area contributed by atoms with Crippen molar-refractivity contribution in [1.82, 2.24) is 9.62 Å². The third kappa shape index (κ3) is 4.43. The second-order valence-corrected chi connectivity index (χ2v) is 6.83. The van der Waals surface area contributed by atoms with Crippen LogP contribution in [-0.2, 0) is 19.6 Å². The first kappa shape index (κ1) is 16.4. The van der Waals surface area contributed by atoms with Crippen LogP contribution < -0.4 is 5.32 Å². The molecule has 0 aliphatic carbocycles. The second-order valence-electron chi connectivity index (χ2n) is 4.79. The van der Waals surface area contributed by atoms with Crippen molar-refractivity contribution < 1.29 is 17.9 Å². The minimum absolute atomic E-state index is 0.0227. The van der Waals surface area contributed by atoms with Crippen molar-refractivity contribution in [2.24, 2.45) is 0 Å². The van der Waals surface area contributed by atoms with Gasteiger partial charge in [0.2, 0.25) is 10.0 Å². The number of rotatable bonds is 6. The van der Waals surface area contributed by atoms with Crippen molar-refractivity contribution in [3.8, 4) is 0 Å². The highest BCUT2D eigenvalue weighted by Crippen LogP contribution is 2.17. The molecule has 2 atom stereocenters. The number of nitrogens with one attached hydrogen (secondary N) is 1. The summed E-state index contributed by atoms with van der Waals surface area (Å²) in [6.45, 7) is 5.16. The summed E-state index contributed by atoms with van der Waals surface area (Å²) in [5, 5.41) is 3.35. The van der Waals surface area contributed by atoms with Gasteiger partial charge in [-0.15, -0.1) is 0 Å². The lowest BCUT2D eigenvalue weighted by Crippen LogP contribution is -2.58. The van der Waals surface area contributed by atoms with E-state index in [2.05, 4.69) is 10.1 Å². The molecule has 112 valence electrons. The topological polar surface area (TPSA) is 75.7 Å².